The molecule has 1 fully saturated rings. The summed E-state index contributed by atoms with van der Waals surface area (Å²) < 4.78 is 0. The normalized spacial score (nSPS) is 22.0. The van der Waals surface area contributed by atoms with Crippen molar-refractivity contribution < 1.29 is 0 Å². The predicted molar refractivity (Wildman–Crippen MR) is 60.9 cm³/mol. The van der Waals surface area contributed by atoms with Gasteiger partial charge in [-0.25, -0.2) is 0 Å². The minimum absolute atomic E-state index is 0. The van der Waals surface area contributed by atoms with Gasteiger partial charge in [-0.1, -0.05) is 30.7 Å². The molecule has 0 radical (unpaired) electrons. The van der Waals surface area contributed by atoms with E-state index in [0.29, 0.717) is 5.41 Å². The Kier molecular flexibility index (Phi) is 2.54. The van der Waals surface area contributed by atoms with Crippen molar-refractivity contribution in [1.29, 1.82) is 0 Å². The van der Waals surface area contributed by atoms with E-state index in [1.807, 2.05) is 0 Å². The molecule has 14 heavy (non-hydrogen) atoms. The molecule has 0 atom stereocenters. The third kappa shape index (κ3) is 1.27. The second-order valence-corrected chi connectivity index (χ2v) is 4.39. The largest absolute Gasteiger partial charge is 0.312 e. The Morgan fingerprint density at radius 3 is 2.64 bits per heavy atom. The molecule has 1 spiro atoms. The molecule has 76 valence electrons. The van der Waals surface area contributed by atoms with Gasteiger partial charge in [-0.3, -0.25) is 0 Å². The van der Waals surface area contributed by atoms with E-state index in [2.05, 4.69) is 29.6 Å². The van der Waals surface area contributed by atoms with E-state index in [-0.39, 0.29) is 12.4 Å². The van der Waals surface area contributed by atoms with Gasteiger partial charge in [-0.15, -0.1) is 12.4 Å². The summed E-state index contributed by atoms with van der Waals surface area (Å²) in [6.45, 7) is 2.27. The molecule has 0 saturated heterocycles. The molecule has 0 unspecified atom stereocenters. The van der Waals surface area contributed by atoms with E-state index in [1.165, 1.54) is 31.4 Å². The third-order valence-corrected chi connectivity index (χ3v) is 3.68. The molecule has 1 saturated carbocycles. The summed E-state index contributed by atoms with van der Waals surface area (Å²) in [5, 5.41) is 3.53. The fourth-order valence-corrected chi connectivity index (χ4v) is 2.77. The zero-order valence-corrected chi connectivity index (χ0v) is 9.07. The van der Waals surface area contributed by atoms with Gasteiger partial charge < -0.3 is 5.32 Å². The molecule has 1 aromatic rings. The van der Waals surface area contributed by atoms with Crippen molar-refractivity contribution in [2.24, 2.45) is 0 Å². The molecule has 0 bridgehead atoms. The highest BCUT2D eigenvalue weighted by Crippen LogP contribution is 2.45. The quantitative estimate of drug-likeness (QED) is 0.693. The fourth-order valence-electron chi connectivity index (χ4n) is 2.77. The molecule has 1 aliphatic heterocycles. The number of halogens is 1. The topological polar surface area (TPSA) is 12.0 Å². The molecular weight excluding hydrogens is 194 g/mol. The average Bonchev–Trinajstić information content (AvgIpc) is 2.14. The van der Waals surface area contributed by atoms with Crippen LogP contribution in [0.3, 0.4) is 0 Å². The van der Waals surface area contributed by atoms with E-state index in [4.69, 9.17) is 0 Å². The molecule has 2 aliphatic rings. The van der Waals surface area contributed by atoms with Crippen LogP contribution in [0.15, 0.2) is 24.3 Å². The monoisotopic (exact) mass is 209 g/mol. The summed E-state index contributed by atoms with van der Waals surface area (Å²) in [4.78, 5) is 0. The first-order valence-electron chi connectivity index (χ1n) is 5.20. The van der Waals surface area contributed by atoms with E-state index >= 15 is 0 Å². The summed E-state index contributed by atoms with van der Waals surface area (Å²) in [6.07, 6.45) is 4.18. The number of rotatable bonds is 0. The van der Waals surface area contributed by atoms with Gasteiger partial charge in [0.25, 0.3) is 0 Å². The van der Waals surface area contributed by atoms with Crippen molar-refractivity contribution in [3.63, 3.8) is 0 Å². The number of benzene rings is 1. The summed E-state index contributed by atoms with van der Waals surface area (Å²) in [7, 11) is 0. The van der Waals surface area contributed by atoms with Crippen molar-refractivity contribution >= 4 is 12.4 Å². The second kappa shape index (κ2) is 3.56. The predicted octanol–water partition coefficient (Wildman–Crippen LogP) is 2.63. The Balaban J connectivity index is 0.000000750. The molecule has 2 heteroatoms. The lowest BCUT2D eigenvalue weighted by Crippen LogP contribution is -2.47. The highest BCUT2D eigenvalue weighted by molar-refractivity contribution is 5.85. The van der Waals surface area contributed by atoms with Gasteiger partial charge in [0.15, 0.2) is 0 Å². The maximum Gasteiger partial charge on any atom is 0.0208 e. The fraction of sp³-hybridized carbons (Fsp3) is 0.500. The van der Waals surface area contributed by atoms with Gasteiger partial charge in [0.05, 0.1) is 0 Å². The van der Waals surface area contributed by atoms with Crippen molar-refractivity contribution in [2.75, 3.05) is 6.54 Å². The minimum atomic E-state index is 0. The standard InChI is InChI=1S/C12H15N.ClH/c1-2-5-11-10(4-1)8-13-9-12(11)6-3-7-12;/h1-2,4-5,13H,3,6-9H2;1H. The minimum Gasteiger partial charge on any atom is -0.312 e. The number of nitrogens with one attached hydrogen (secondary N) is 1. The van der Waals surface area contributed by atoms with E-state index in [0.717, 1.165) is 6.54 Å². The summed E-state index contributed by atoms with van der Waals surface area (Å²) in [6, 6.07) is 8.93. The molecule has 1 aromatic carbocycles. The van der Waals surface area contributed by atoms with Crippen molar-refractivity contribution in [3.05, 3.63) is 35.4 Å². The Morgan fingerprint density at radius 1 is 1.14 bits per heavy atom. The van der Waals surface area contributed by atoms with E-state index < -0.39 is 0 Å². The maximum atomic E-state index is 3.53. The second-order valence-electron chi connectivity index (χ2n) is 4.39. The van der Waals surface area contributed by atoms with Crippen LogP contribution < -0.4 is 5.32 Å². The first-order valence-corrected chi connectivity index (χ1v) is 5.20. The molecule has 0 amide bonds. The maximum absolute atomic E-state index is 3.53. The van der Waals surface area contributed by atoms with Crippen molar-refractivity contribution in [2.45, 2.75) is 31.2 Å². The van der Waals surface area contributed by atoms with Gasteiger partial charge in [-0.05, 0) is 24.0 Å². The van der Waals surface area contributed by atoms with Gasteiger partial charge in [0.2, 0.25) is 0 Å². The Bertz CT molecular complexity index is 331. The van der Waals surface area contributed by atoms with Crippen LogP contribution in [-0.4, -0.2) is 6.54 Å². The number of hydrogen-bond donors (Lipinski definition) is 1. The van der Waals surface area contributed by atoms with Crippen LogP contribution in [0.2, 0.25) is 0 Å². The summed E-state index contributed by atoms with van der Waals surface area (Å²) in [5.41, 5.74) is 3.67. The SMILES string of the molecule is Cl.c1ccc2c(c1)CNCC21CCC1. The summed E-state index contributed by atoms with van der Waals surface area (Å²) in [5.74, 6) is 0. The van der Waals surface area contributed by atoms with Gasteiger partial charge in [0.1, 0.15) is 0 Å². The first-order chi connectivity index (χ1) is 6.41. The molecule has 3 rings (SSSR count). The smallest absolute Gasteiger partial charge is 0.0208 e. The van der Waals surface area contributed by atoms with Gasteiger partial charge >= 0.3 is 0 Å². The lowest BCUT2D eigenvalue weighted by Gasteiger charge is -2.46. The van der Waals surface area contributed by atoms with E-state index in [9.17, 15) is 0 Å². The van der Waals surface area contributed by atoms with Crippen molar-refractivity contribution in [3.8, 4) is 0 Å². The van der Waals surface area contributed by atoms with Crippen LogP contribution >= 0.6 is 12.4 Å². The molecule has 1 N–H and O–H groups in total. The Hall–Kier alpha value is -0.530. The highest BCUT2D eigenvalue weighted by Gasteiger charge is 2.41. The number of hydrogen-bond acceptors (Lipinski definition) is 1. The third-order valence-electron chi connectivity index (χ3n) is 3.68. The van der Waals surface area contributed by atoms with Gasteiger partial charge in [-0.2, -0.15) is 0 Å². The first kappa shape index (κ1) is 10.0. The van der Waals surface area contributed by atoms with E-state index in [1.54, 1.807) is 5.56 Å². The lowest BCUT2D eigenvalue weighted by atomic mass is 9.62. The van der Waals surface area contributed by atoms with Crippen LogP contribution in [0.4, 0.5) is 0 Å². The van der Waals surface area contributed by atoms with Gasteiger partial charge in [0, 0.05) is 18.5 Å². The zero-order valence-electron chi connectivity index (χ0n) is 8.25. The molecule has 1 nitrogen and oxygen atoms in total. The molecule has 0 aromatic heterocycles. The van der Waals surface area contributed by atoms with Crippen LogP contribution in [0, 0.1) is 0 Å². The Labute approximate surface area is 91.3 Å². The molecule has 1 heterocycles. The number of fused-ring (bicyclic) bond motifs is 2. The highest BCUT2D eigenvalue weighted by atomic mass is 35.5. The Morgan fingerprint density at radius 2 is 1.93 bits per heavy atom. The van der Waals surface area contributed by atoms with Crippen molar-refractivity contribution in [1.82, 2.24) is 5.32 Å². The van der Waals surface area contributed by atoms with Crippen LogP contribution in [0.25, 0.3) is 0 Å². The summed E-state index contributed by atoms with van der Waals surface area (Å²) >= 11 is 0. The zero-order chi connectivity index (χ0) is 8.73. The van der Waals surface area contributed by atoms with Crippen LogP contribution in [0.5, 0.6) is 0 Å². The molecule has 1 aliphatic carbocycles. The van der Waals surface area contributed by atoms with Crippen LogP contribution in [0.1, 0.15) is 30.4 Å². The molecular formula is C12H16ClN. The average molecular weight is 210 g/mol. The lowest BCUT2D eigenvalue weighted by molar-refractivity contribution is 0.219. The van der Waals surface area contributed by atoms with Crippen LogP contribution in [-0.2, 0) is 12.0 Å².